The van der Waals surface area contributed by atoms with E-state index in [2.05, 4.69) is 4.98 Å². The summed E-state index contributed by atoms with van der Waals surface area (Å²) in [7, 11) is 0. The topological polar surface area (TPSA) is 45.9 Å². The minimum atomic E-state index is -0.780. The number of pyridine rings is 1. The number of rotatable bonds is 3. The van der Waals surface area contributed by atoms with Gasteiger partial charge in [-0.05, 0) is 18.2 Å². The number of halogens is 2. The van der Waals surface area contributed by atoms with Crippen LogP contribution in [0.5, 0.6) is 5.75 Å². The van der Waals surface area contributed by atoms with Gasteiger partial charge in [0, 0.05) is 11.8 Å². The highest BCUT2D eigenvalue weighted by molar-refractivity contribution is 5.31. The molecule has 3 nitrogen and oxygen atoms in total. The van der Waals surface area contributed by atoms with Crippen LogP contribution < -0.4 is 4.74 Å². The highest BCUT2D eigenvalue weighted by atomic mass is 19.1. The first-order chi connectivity index (χ1) is 8.72. The number of ether oxygens (including phenoxy) is 1. The number of nitriles is 1. The zero-order valence-corrected chi connectivity index (χ0v) is 9.23. The van der Waals surface area contributed by atoms with E-state index in [0.29, 0.717) is 5.56 Å². The number of hydrogen-bond donors (Lipinski definition) is 0. The molecule has 0 bridgehead atoms. The van der Waals surface area contributed by atoms with Crippen molar-refractivity contribution in [3.63, 3.8) is 0 Å². The van der Waals surface area contributed by atoms with E-state index >= 15 is 0 Å². The third-order valence-electron chi connectivity index (χ3n) is 2.29. The first kappa shape index (κ1) is 12.0. The van der Waals surface area contributed by atoms with Gasteiger partial charge < -0.3 is 4.74 Å². The van der Waals surface area contributed by atoms with Gasteiger partial charge in [0.1, 0.15) is 18.4 Å². The number of aromatic nitrogens is 1. The van der Waals surface area contributed by atoms with Gasteiger partial charge in [-0.3, -0.25) is 0 Å². The Morgan fingerprint density at radius 1 is 1.17 bits per heavy atom. The molecule has 0 radical (unpaired) electrons. The average molecular weight is 246 g/mol. The van der Waals surface area contributed by atoms with Crippen LogP contribution in [0.3, 0.4) is 0 Å². The molecule has 18 heavy (non-hydrogen) atoms. The van der Waals surface area contributed by atoms with Crippen molar-refractivity contribution in [2.75, 3.05) is 0 Å². The van der Waals surface area contributed by atoms with E-state index < -0.39 is 17.4 Å². The van der Waals surface area contributed by atoms with Gasteiger partial charge in [0.25, 0.3) is 0 Å². The van der Waals surface area contributed by atoms with Gasteiger partial charge in [-0.25, -0.2) is 13.8 Å². The molecule has 0 fully saturated rings. The lowest BCUT2D eigenvalue weighted by Gasteiger charge is -2.08. The molecule has 5 heteroatoms. The summed E-state index contributed by atoms with van der Waals surface area (Å²) < 4.78 is 31.6. The zero-order chi connectivity index (χ0) is 13.0. The third kappa shape index (κ3) is 2.43. The van der Waals surface area contributed by atoms with Gasteiger partial charge >= 0.3 is 0 Å². The predicted molar refractivity (Wildman–Crippen MR) is 59.6 cm³/mol. The molecular weight excluding hydrogens is 238 g/mol. The van der Waals surface area contributed by atoms with E-state index in [4.69, 9.17) is 10.00 Å². The standard InChI is InChI=1S/C13H8F2N2O/c14-10-4-1-5-11(15)13(10)18-8-9-3-2-6-17-12(9)7-16/h1-6H,8H2. The zero-order valence-electron chi connectivity index (χ0n) is 9.23. The van der Waals surface area contributed by atoms with E-state index in [1.807, 2.05) is 6.07 Å². The van der Waals surface area contributed by atoms with Crippen LogP contribution in [0.4, 0.5) is 8.78 Å². The van der Waals surface area contributed by atoms with Gasteiger partial charge in [0.2, 0.25) is 0 Å². The molecule has 0 aliphatic heterocycles. The fourth-order valence-corrected chi connectivity index (χ4v) is 1.43. The fraction of sp³-hybridized carbons (Fsp3) is 0.0769. The van der Waals surface area contributed by atoms with Crippen molar-refractivity contribution >= 4 is 0 Å². The summed E-state index contributed by atoms with van der Waals surface area (Å²) in [5.74, 6) is -2.01. The second-order valence-electron chi connectivity index (χ2n) is 3.46. The largest absolute Gasteiger partial charge is 0.483 e. The summed E-state index contributed by atoms with van der Waals surface area (Å²) in [6.07, 6.45) is 1.46. The van der Waals surface area contributed by atoms with E-state index in [1.54, 1.807) is 12.1 Å². The summed E-state index contributed by atoms with van der Waals surface area (Å²) in [5, 5.41) is 8.81. The molecule has 90 valence electrons. The SMILES string of the molecule is N#Cc1ncccc1COc1c(F)cccc1F. The maximum Gasteiger partial charge on any atom is 0.191 e. The minimum Gasteiger partial charge on any atom is -0.483 e. The predicted octanol–water partition coefficient (Wildman–Crippen LogP) is 2.81. The van der Waals surface area contributed by atoms with Crippen LogP contribution in [0, 0.1) is 23.0 Å². The number of para-hydroxylation sites is 1. The Balaban J connectivity index is 2.20. The number of nitrogens with zero attached hydrogens (tertiary/aromatic N) is 2. The van der Waals surface area contributed by atoms with E-state index in [-0.39, 0.29) is 12.3 Å². The van der Waals surface area contributed by atoms with Crippen LogP contribution in [-0.4, -0.2) is 4.98 Å². The maximum absolute atomic E-state index is 13.3. The third-order valence-corrected chi connectivity index (χ3v) is 2.29. The molecule has 2 aromatic rings. The smallest absolute Gasteiger partial charge is 0.191 e. The summed E-state index contributed by atoms with van der Waals surface area (Å²) in [6, 6.07) is 8.58. The van der Waals surface area contributed by atoms with Gasteiger partial charge in [-0.2, -0.15) is 5.26 Å². The van der Waals surface area contributed by atoms with Crippen LogP contribution in [0.15, 0.2) is 36.5 Å². The first-order valence-electron chi connectivity index (χ1n) is 5.13. The van der Waals surface area contributed by atoms with Crippen molar-refractivity contribution in [1.82, 2.24) is 4.98 Å². The molecule has 0 aliphatic carbocycles. The molecule has 0 amide bonds. The van der Waals surface area contributed by atoms with Crippen molar-refractivity contribution in [3.8, 4) is 11.8 Å². The summed E-state index contributed by atoms with van der Waals surface area (Å²) >= 11 is 0. The summed E-state index contributed by atoms with van der Waals surface area (Å²) in [4.78, 5) is 3.83. The minimum absolute atomic E-state index is 0.116. The number of benzene rings is 1. The molecule has 0 saturated heterocycles. The van der Waals surface area contributed by atoms with Gasteiger partial charge in [0.15, 0.2) is 17.4 Å². The highest BCUT2D eigenvalue weighted by Gasteiger charge is 2.11. The molecule has 2 rings (SSSR count). The Hall–Kier alpha value is -2.48. The Bertz CT molecular complexity index is 588. The molecule has 0 unspecified atom stereocenters. The lowest BCUT2D eigenvalue weighted by molar-refractivity contribution is 0.273. The van der Waals surface area contributed by atoms with Crippen molar-refractivity contribution in [2.45, 2.75) is 6.61 Å². The van der Waals surface area contributed by atoms with E-state index in [1.165, 1.54) is 12.3 Å². The van der Waals surface area contributed by atoms with Crippen LogP contribution in [0.2, 0.25) is 0 Å². The molecule has 1 aromatic carbocycles. The van der Waals surface area contributed by atoms with Gasteiger partial charge in [-0.1, -0.05) is 12.1 Å². The van der Waals surface area contributed by atoms with Crippen molar-refractivity contribution in [1.29, 1.82) is 5.26 Å². The lowest BCUT2D eigenvalue weighted by Crippen LogP contribution is -2.02. The summed E-state index contributed by atoms with van der Waals surface area (Å²) in [5.41, 5.74) is 0.650. The first-order valence-corrected chi connectivity index (χ1v) is 5.13. The second kappa shape index (κ2) is 5.23. The Kier molecular flexibility index (Phi) is 3.49. The molecule has 0 atom stereocenters. The Labute approximate surface area is 102 Å². The second-order valence-corrected chi connectivity index (χ2v) is 3.46. The normalized spacial score (nSPS) is 9.83. The van der Waals surface area contributed by atoms with Crippen molar-refractivity contribution < 1.29 is 13.5 Å². The van der Waals surface area contributed by atoms with Crippen LogP contribution >= 0.6 is 0 Å². The molecular formula is C13H8F2N2O. The van der Waals surface area contributed by atoms with Crippen molar-refractivity contribution in [2.24, 2.45) is 0 Å². The van der Waals surface area contributed by atoms with Crippen LogP contribution in [0.1, 0.15) is 11.3 Å². The lowest BCUT2D eigenvalue weighted by atomic mass is 10.2. The van der Waals surface area contributed by atoms with Crippen LogP contribution in [-0.2, 0) is 6.61 Å². The molecule has 1 aromatic heterocycles. The molecule has 0 saturated carbocycles. The van der Waals surface area contributed by atoms with Crippen LogP contribution in [0.25, 0.3) is 0 Å². The molecule has 0 aliphatic rings. The fourth-order valence-electron chi connectivity index (χ4n) is 1.43. The highest BCUT2D eigenvalue weighted by Crippen LogP contribution is 2.22. The van der Waals surface area contributed by atoms with E-state index in [9.17, 15) is 8.78 Å². The Morgan fingerprint density at radius 2 is 1.89 bits per heavy atom. The summed E-state index contributed by atoms with van der Waals surface area (Å²) in [6.45, 7) is -0.116. The molecule has 0 spiro atoms. The number of hydrogen-bond acceptors (Lipinski definition) is 3. The molecule has 1 heterocycles. The van der Waals surface area contributed by atoms with Crippen molar-refractivity contribution in [3.05, 3.63) is 59.4 Å². The quantitative estimate of drug-likeness (QED) is 0.836. The maximum atomic E-state index is 13.3. The van der Waals surface area contributed by atoms with Gasteiger partial charge in [0.05, 0.1) is 0 Å². The van der Waals surface area contributed by atoms with E-state index in [0.717, 1.165) is 12.1 Å². The molecule has 0 N–H and O–H groups in total. The Morgan fingerprint density at radius 3 is 2.56 bits per heavy atom. The average Bonchev–Trinajstić information content (AvgIpc) is 2.38. The van der Waals surface area contributed by atoms with Gasteiger partial charge in [-0.15, -0.1) is 0 Å². The monoisotopic (exact) mass is 246 g/mol.